The summed E-state index contributed by atoms with van der Waals surface area (Å²) in [7, 11) is 0. The van der Waals surface area contributed by atoms with Gasteiger partial charge in [0.25, 0.3) is 0 Å². The quantitative estimate of drug-likeness (QED) is 0.888. The normalized spacial score (nSPS) is 12.2. The lowest BCUT2D eigenvalue weighted by molar-refractivity contribution is 0.538. The molecule has 15 heavy (non-hydrogen) atoms. The standard InChI is InChI=1S/C13H20BrN/c1-9(2)11-6-5-10(7-12(11)14)13(3,4)8-15/h5-7,9H,8,15H2,1-4H3. The highest BCUT2D eigenvalue weighted by Gasteiger charge is 2.19. The van der Waals surface area contributed by atoms with Crippen molar-refractivity contribution in [1.29, 1.82) is 0 Å². The average Bonchev–Trinajstić information content (AvgIpc) is 2.17. The Balaban J connectivity index is 3.12. The lowest BCUT2D eigenvalue weighted by atomic mass is 9.84. The molecule has 0 aliphatic heterocycles. The maximum absolute atomic E-state index is 5.77. The van der Waals surface area contributed by atoms with Gasteiger partial charge in [0.15, 0.2) is 0 Å². The van der Waals surface area contributed by atoms with Crippen LogP contribution < -0.4 is 5.73 Å². The molecule has 1 nitrogen and oxygen atoms in total. The first-order chi connectivity index (χ1) is 6.88. The third kappa shape index (κ3) is 2.82. The van der Waals surface area contributed by atoms with Crippen LogP contribution in [0.4, 0.5) is 0 Å². The van der Waals surface area contributed by atoms with Gasteiger partial charge in [-0.05, 0) is 23.1 Å². The van der Waals surface area contributed by atoms with Crippen LogP contribution in [-0.4, -0.2) is 6.54 Å². The zero-order chi connectivity index (χ0) is 11.6. The molecule has 0 atom stereocenters. The van der Waals surface area contributed by atoms with Crippen molar-refractivity contribution >= 4 is 15.9 Å². The fourth-order valence-corrected chi connectivity index (χ4v) is 2.37. The van der Waals surface area contributed by atoms with Crippen LogP contribution in [0.2, 0.25) is 0 Å². The summed E-state index contributed by atoms with van der Waals surface area (Å²) < 4.78 is 1.19. The van der Waals surface area contributed by atoms with Crippen LogP contribution in [0.25, 0.3) is 0 Å². The molecule has 0 saturated carbocycles. The fourth-order valence-electron chi connectivity index (χ4n) is 1.53. The number of hydrogen-bond donors (Lipinski definition) is 1. The van der Waals surface area contributed by atoms with E-state index in [2.05, 4.69) is 61.8 Å². The van der Waals surface area contributed by atoms with Crippen LogP contribution in [-0.2, 0) is 5.41 Å². The second-order valence-corrected chi connectivity index (χ2v) is 5.83. The molecule has 0 bridgehead atoms. The van der Waals surface area contributed by atoms with Crippen molar-refractivity contribution in [3.63, 3.8) is 0 Å². The van der Waals surface area contributed by atoms with Crippen LogP contribution in [0.5, 0.6) is 0 Å². The molecule has 2 heteroatoms. The third-order valence-corrected chi connectivity index (χ3v) is 3.60. The minimum atomic E-state index is 0.0536. The van der Waals surface area contributed by atoms with Gasteiger partial charge < -0.3 is 5.73 Å². The van der Waals surface area contributed by atoms with E-state index in [-0.39, 0.29) is 5.41 Å². The Hall–Kier alpha value is -0.340. The second kappa shape index (κ2) is 4.67. The summed E-state index contributed by atoms with van der Waals surface area (Å²) in [5, 5.41) is 0. The Labute approximate surface area is 101 Å². The summed E-state index contributed by atoms with van der Waals surface area (Å²) in [6.45, 7) is 9.41. The Morgan fingerprint density at radius 1 is 1.33 bits per heavy atom. The van der Waals surface area contributed by atoms with Crippen molar-refractivity contribution < 1.29 is 0 Å². The van der Waals surface area contributed by atoms with E-state index >= 15 is 0 Å². The smallest absolute Gasteiger partial charge is 0.0212 e. The summed E-state index contributed by atoms with van der Waals surface area (Å²) >= 11 is 3.63. The summed E-state index contributed by atoms with van der Waals surface area (Å²) in [5.74, 6) is 0.550. The van der Waals surface area contributed by atoms with Gasteiger partial charge in [0.1, 0.15) is 0 Å². The number of hydrogen-bond acceptors (Lipinski definition) is 1. The van der Waals surface area contributed by atoms with Gasteiger partial charge in [-0.2, -0.15) is 0 Å². The minimum absolute atomic E-state index is 0.0536. The highest BCUT2D eigenvalue weighted by molar-refractivity contribution is 9.10. The van der Waals surface area contributed by atoms with Crippen LogP contribution in [0.1, 0.15) is 44.7 Å². The van der Waals surface area contributed by atoms with Gasteiger partial charge in [0.2, 0.25) is 0 Å². The number of halogens is 1. The van der Waals surface area contributed by atoms with Crippen molar-refractivity contribution in [3.8, 4) is 0 Å². The van der Waals surface area contributed by atoms with Crippen molar-refractivity contribution in [2.75, 3.05) is 6.54 Å². The lowest BCUT2D eigenvalue weighted by Crippen LogP contribution is -2.28. The van der Waals surface area contributed by atoms with E-state index in [1.807, 2.05) is 0 Å². The average molecular weight is 270 g/mol. The van der Waals surface area contributed by atoms with Crippen LogP contribution in [0.3, 0.4) is 0 Å². The van der Waals surface area contributed by atoms with Crippen molar-refractivity contribution in [2.45, 2.75) is 39.0 Å². The van der Waals surface area contributed by atoms with Gasteiger partial charge in [-0.1, -0.05) is 55.8 Å². The summed E-state index contributed by atoms with van der Waals surface area (Å²) in [6, 6.07) is 6.58. The predicted octanol–water partition coefficient (Wildman–Crippen LogP) is 3.81. The number of benzene rings is 1. The van der Waals surface area contributed by atoms with E-state index in [0.29, 0.717) is 12.5 Å². The van der Waals surface area contributed by atoms with Gasteiger partial charge in [0, 0.05) is 16.4 Å². The van der Waals surface area contributed by atoms with E-state index in [1.54, 1.807) is 0 Å². The van der Waals surface area contributed by atoms with E-state index in [0.717, 1.165) is 0 Å². The molecule has 0 heterocycles. The van der Waals surface area contributed by atoms with E-state index in [4.69, 9.17) is 5.73 Å². The van der Waals surface area contributed by atoms with Crippen LogP contribution >= 0.6 is 15.9 Å². The topological polar surface area (TPSA) is 26.0 Å². The first-order valence-electron chi connectivity index (χ1n) is 5.38. The maximum atomic E-state index is 5.77. The molecule has 1 aromatic rings. The Morgan fingerprint density at radius 2 is 1.93 bits per heavy atom. The largest absolute Gasteiger partial charge is 0.330 e. The molecule has 0 spiro atoms. The van der Waals surface area contributed by atoms with Gasteiger partial charge in [-0.25, -0.2) is 0 Å². The predicted molar refractivity (Wildman–Crippen MR) is 70.3 cm³/mol. The second-order valence-electron chi connectivity index (χ2n) is 4.98. The molecule has 0 unspecified atom stereocenters. The Bertz CT molecular complexity index is 342. The molecular weight excluding hydrogens is 250 g/mol. The summed E-state index contributed by atoms with van der Waals surface area (Å²) in [4.78, 5) is 0. The van der Waals surface area contributed by atoms with E-state index < -0.39 is 0 Å². The molecule has 0 amide bonds. The Morgan fingerprint density at radius 3 is 2.33 bits per heavy atom. The molecule has 0 aliphatic carbocycles. The van der Waals surface area contributed by atoms with Gasteiger partial charge in [-0.3, -0.25) is 0 Å². The molecule has 1 rings (SSSR count). The molecule has 2 N–H and O–H groups in total. The highest BCUT2D eigenvalue weighted by atomic mass is 79.9. The van der Waals surface area contributed by atoms with E-state index in [9.17, 15) is 0 Å². The third-order valence-electron chi connectivity index (χ3n) is 2.91. The molecule has 0 fully saturated rings. The van der Waals surface area contributed by atoms with Crippen molar-refractivity contribution in [3.05, 3.63) is 33.8 Å². The molecule has 0 saturated heterocycles. The van der Waals surface area contributed by atoms with Gasteiger partial charge in [0.05, 0.1) is 0 Å². The van der Waals surface area contributed by atoms with Gasteiger partial charge >= 0.3 is 0 Å². The fraction of sp³-hybridized carbons (Fsp3) is 0.538. The minimum Gasteiger partial charge on any atom is -0.330 e. The van der Waals surface area contributed by atoms with Crippen LogP contribution in [0.15, 0.2) is 22.7 Å². The van der Waals surface area contributed by atoms with Gasteiger partial charge in [-0.15, -0.1) is 0 Å². The molecular formula is C13H20BrN. The number of rotatable bonds is 3. The maximum Gasteiger partial charge on any atom is 0.0212 e. The lowest BCUT2D eigenvalue weighted by Gasteiger charge is -2.24. The van der Waals surface area contributed by atoms with Crippen LogP contribution in [0, 0.1) is 0 Å². The highest BCUT2D eigenvalue weighted by Crippen LogP contribution is 2.30. The molecule has 0 aliphatic rings. The monoisotopic (exact) mass is 269 g/mol. The number of nitrogens with two attached hydrogens (primary N) is 1. The first kappa shape index (κ1) is 12.7. The SMILES string of the molecule is CC(C)c1ccc(C(C)(C)CN)cc1Br. The van der Waals surface area contributed by atoms with Crippen molar-refractivity contribution in [1.82, 2.24) is 0 Å². The molecule has 0 aromatic heterocycles. The summed E-state index contributed by atoms with van der Waals surface area (Å²) in [5.41, 5.74) is 8.47. The zero-order valence-corrected chi connectivity index (χ0v) is 11.6. The first-order valence-corrected chi connectivity index (χ1v) is 6.18. The molecule has 1 aromatic carbocycles. The Kier molecular flexibility index (Phi) is 3.96. The summed E-state index contributed by atoms with van der Waals surface area (Å²) in [6.07, 6.45) is 0. The van der Waals surface area contributed by atoms with Crippen molar-refractivity contribution in [2.24, 2.45) is 5.73 Å². The molecule has 0 radical (unpaired) electrons. The zero-order valence-electron chi connectivity index (χ0n) is 9.97. The molecule has 84 valence electrons. The van der Waals surface area contributed by atoms with E-state index in [1.165, 1.54) is 15.6 Å².